The minimum atomic E-state index is -0.559. The van der Waals surface area contributed by atoms with Crippen molar-refractivity contribution in [3.8, 4) is 0 Å². The van der Waals surface area contributed by atoms with Gasteiger partial charge >= 0.3 is 5.69 Å². The van der Waals surface area contributed by atoms with Crippen LogP contribution in [0.25, 0.3) is 0 Å². The van der Waals surface area contributed by atoms with Gasteiger partial charge in [0.2, 0.25) is 5.82 Å². The van der Waals surface area contributed by atoms with Crippen LogP contribution in [0.5, 0.6) is 0 Å². The number of nitro benzene ring substituents is 1. The zero-order chi connectivity index (χ0) is 16.1. The van der Waals surface area contributed by atoms with Crippen LogP contribution in [0.15, 0.2) is 41.5 Å². The number of nitrogens with one attached hydrogen (secondary N) is 1. The molecule has 0 unspecified atom stereocenters. The Balaban J connectivity index is 2.14. The Bertz CT molecular complexity index is 743. The normalized spacial score (nSPS) is 10.6. The van der Waals surface area contributed by atoms with Gasteiger partial charge in [-0.05, 0) is 30.7 Å². The SMILES string of the molecule is Cc1ccc([N+](=O)[O-])c(N/N=C\c2ccc([N+](=O)[O-])cc2)n1. The minimum absolute atomic E-state index is 0.0268. The van der Waals surface area contributed by atoms with Crippen molar-refractivity contribution in [2.24, 2.45) is 5.10 Å². The monoisotopic (exact) mass is 301 g/mol. The Labute approximate surface area is 124 Å². The number of non-ortho nitro benzene ring substituents is 1. The molecule has 0 bridgehead atoms. The number of rotatable bonds is 5. The van der Waals surface area contributed by atoms with E-state index >= 15 is 0 Å². The molecule has 0 aliphatic heterocycles. The molecule has 0 aliphatic rings. The Morgan fingerprint density at radius 2 is 1.77 bits per heavy atom. The molecule has 0 atom stereocenters. The summed E-state index contributed by atoms with van der Waals surface area (Å²) in [4.78, 5) is 24.4. The van der Waals surface area contributed by atoms with Gasteiger partial charge in [0, 0.05) is 23.9 Å². The lowest BCUT2D eigenvalue weighted by molar-refractivity contribution is -0.384. The number of aromatic nitrogens is 1. The van der Waals surface area contributed by atoms with Crippen molar-refractivity contribution >= 4 is 23.4 Å². The van der Waals surface area contributed by atoms with E-state index in [-0.39, 0.29) is 17.2 Å². The first kappa shape index (κ1) is 15.0. The zero-order valence-corrected chi connectivity index (χ0v) is 11.5. The van der Waals surface area contributed by atoms with Crippen molar-refractivity contribution in [1.82, 2.24) is 4.98 Å². The fraction of sp³-hybridized carbons (Fsp3) is 0.0769. The molecule has 112 valence electrons. The molecule has 0 spiro atoms. The Hall–Kier alpha value is -3.36. The maximum Gasteiger partial charge on any atom is 0.313 e. The second kappa shape index (κ2) is 6.39. The van der Waals surface area contributed by atoms with Crippen LogP contribution in [-0.2, 0) is 0 Å². The summed E-state index contributed by atoms with van der Waals surface area (Å²) in [7, 11) is 0. The predicted octanol–water partition coefficient (Wildman–Crippen LogP) is 2.65. The van der Waals surface area contributed by atoms with Crippen molar-refractivity contribution in [3.05, 3.63) is 67.9 Å². The van der Waals surface area contributed by atoms with Crippen LogP contribution in [0.4, 0.5) is 17.2 Å². The molecular formula is C13H11N5O4. The van der Waals surface area contributed by atoms with Gasteiger partial charge in [-0.15, -0.1) is 0 Å². The van der Waals surface area contributed by atoms with Crippen LogP contribution < -0.4 is 5.43 Å². The topological polar surface area (TPSA) is 124 Å². The number of pyridine rings is 1. The van der Waals surface area contributed by atoms with Crippen LogP contribution in [0.2, 0.25) is 0 Å². The van der Waals surface area contributed by atoms with Crippen LogP contribution in [0.1, 0.15) is 11.3 Å². The lowest BCUT2D eigenvalue weighted by Crippen LogP contribution is -2.00. The third-order valence-electron chi connectivity index (χ3n) is 2.70. The highest BCUT2D eigenvalue weighted by molar-refractivity contribution is 5.80. The van der Waals surface area contributed by atoms with E-state index in [1.807, 2.05) is 0 Å². The molecule has 22 heavy (non-hydrogen) atoms. The van der Waals surface area contributed by atoms with Crippen molar-refractivity contribution in [1.29, 1.82) is 0 Å². The number of hydrazone groups is 1. The van der Waals surface area contributed by atoms with Crippen LogP contribution in [0, 0.1) is 27.2 Å². The number of anilines is 1. The van der Waals surface area contributed by atoms with Gasteiger partial charge in [0.25, 0.3) is 5.69 Å². The highest BCUT2D eigenvalue weighted by atomic mass is 16.6. The standard InChI is InChI=1S/C13H11N5O4/c1-9-2-7-12(18(21)22)13(15-9)16-14-8-10-3-5-11(6-4-10)17(19)20/h2-8H,1H3,(H,15,16)/b14-8-. The average molecular weight is 301 g/mol. The predicted molar refractivity (Wildman–Crippen MR) is 79.9 cm³/mol. The summed E-state index contributed by atoms with van der Waals surface area (Å²) in [5.74, 6) is 0.0307. The van der Waals surface area contributed by atoms with Gasteiger partial charge in [-0.1, -0.05) is 0 Å². The van der Waals surface area contributed by atoms with E-state index in [0.29, 0.717) is 11.3 Å². The quantitative estimate of drug-likeness (QED) is 0.514. The van der Waals surface area contributed by atoms with Gasteiger partial charge in [-0.25, -0.2) is 4.98 Å². The smallest absolute Gasteiger partial charge is 0.258 e. The number of hydrogen-bond acceptors (Lipinski definition) is 7. The molecular weight excluding hydrogens is 290 g/mol. The summed E-state index contributed by atoms with van der Waals surface area (Å²) in [6, 6.07) is 8.58. The second-order valence-electron chi connectivity index (χ2n) is 4.30. The van der Waals surface area contributed by atoms with Crippen molar-refractivity contribution < 1.29 is 9.85 Å². The molecule has 1 heterocycles. The Morgan fingerprint density at radius 3 is 2.36 bits per heavy atom. The molecule has 2 rings (SSSR count). The van der Waals surface area contributed by atoms with E-state index in [9.17, 15) is 20.2 Å². The molecule has 1 N–H and O–H groups in total. The lowest BCUT2D eigenvalue weighted by atomic mass is 10.2. The van der Waals surface area contributed by atoms with E-state index in [2.05, 4.69) is 15.5 Å². The first-order valence-electron chi connectivity index (χ1n) is 6.13. The van der Waals surface area contributed by atoms with Crippen molar-refractivity contribution in [2.75, 3.05) is 5.43 Å². The zero-order valence-electron chi connectivity index (χ0n) is 11.5. The largest absolute Gasteiger partial charge is 0.313 e. The molecule has 0 aliphatic carbocycles. The van der Waals surface area contributed by atoms with Crippen LogP contribution >= 0.6 is 0 Å². The number of benzene rings is 1. The van der Waals surface area contributed by atoms with Gasteiger partial charge in [-0.3, -0.25) is 25.7 Å². The fourth-order valence-electron chi connectivity index (χ4n) is 1.63. The van der Waals surface area contributed by atoms with E-state index < -0.39 is 9.85 Å². The summed E-state index contributed by atoms with van der Waals surface area (Å²) >= 11 is 0. The van der Waals surface area contributed by atoms with E-state index in [1.54, 1.807) is 6.92 Å². The van der Waals surface area contributed by atoms with E-state index in [1.165, 1.54) is 42.6 Å². The molecule has 1 aromatic heterocycles. The summed E-state index contributed by atoms with van der Waals surface area (Å²) < 4.78 is 0. The maximum absolute atomic E-state index is 10.9. The molecule has 9 heteroatoms. The Kier molecular flexibility index (Phi) is 4.37. The van der Waals surface area contributed by atoms with E-state index in [4.69, 9.17) is 0 Å². The van der Waals surface area contributed by atoms with E-state index in [0.717, 1.165) is 0 Å². The minimum Gasteiger partial charge on any atom is -0.258 e. The molecule has 0 fully saturated rings. The van der Waals surface area contributed by atoms with Gasteiger partial charge in [0.1, 0.15) is 0 Å². The summed E-state index contributed by atoms with van der Waals surface area (Å²) in [6.45, 7) is 1.70. The molecule has 2 aromatic rings. The molecule has 0 amide bonds. The van der Waals surface area contributed by atoms with Crippen LogP contribution in [0.3, 0.4) is 0 Å². The third-order valence-corrected chi connectivity index (χ3v) is 2.70. The fourth-order valence-corrected chi connectivity index (χ4v) is 1.63. The first-order valence-corrected chi connectivity index (χ1v) is 6.13. The highest BCUT2D eigenvalue weighted by Gasteiger charge is 2.14. The number of nitrogens with zero attached hydrogens (tertiary/aromatic N) is 4. The highest BCUT2D eigenvalue weighted by Crippen LogP contribution is 2.21. The Morgan fingerprint density at radius 1 is 1.09 bits per heavy atom. The lowest BCUT2D eigenvalue weighted by Gasteiger charge is -2.02. The number of nitro groups is 2. The second-order valence-corrected chi connectivity index (χ2v) is 4.30. The molecule has 0 saturated carbocycles. The van der Waals surface area contributed by atoms with Crippen LogP contribution in [-0.4, -0.2) is 21.0 Å². The summed E-state index contributed by atoms with van der Waals surface area (Å²) in [5.41, 5.74) is 3.50. The number of aryl methyl sites for hydroxylation is 1. The maximum atomic E-state index is 10.9. The van der Waals surface area contributed by atoms with Gasteiger partial charge in [-0.2, -0.15) is 5.10 Å². The first-order chi connectivity index (χ1) is 10.5. The van der Waals surface area contributed by atoms with Gasteiger partial charge in [0.15, 0.2) is 0 Å². The van der Waals surface area contributed by atoms with Crippen molar-refractivity contribution in [2.45, 2.75) is 6.92 Å². The summed E-state index contributed by atoms with van der Waals surface area (Å²) in [6.07, 6.45) is 1.39. The van der Waals surface area contributed by atoms with Crippen molar-refractivity contribution in [3.63, 3.8) is 0 Å². The molecule has 9 nitrogen and oxygen atoms in total. The molecule has 0 radical (unpaired) electrons. The average Bonchev–Trinajstić information content (AvgIpc) is 2.47. The molecule has 1 aromatic carbocycles. The molecule has 0 saturated heterocycles. The third kappa shape index (κ3) is 3.60. The van der Waals surface area contributed by atoms with Gasteiger partial charge < -0.3 is 0 Å². The number of hydrogen-bond donors (Lipinski definition) is 1. The summed E-state index contributed by atoms with van der Waals surface area (Å²) in [5, 5.41) is 25.3. The van der Waals surface area contributed by atoms with Gasteiger partial charge in [0.05, 0.1) is 16.1 Å².